The minimum absolute atomic E-state index is 0. The molecule has 1 amide bonds. The average Bonchev–Trinajstić information content (AvgIpc) is 3.19. The summed E-state index contributed by atoms with van der Waals surface area (Å²) in [6.07, 6.45) is 6.71. The maximum atomic E-state index is 13.7. The fourth-order valence-corrected chi connectivity index (χ4v) is 5.11. The minimum atomic E-state index is -0.172. The van der Waals surface area contributed by atoms with E-state index in [0.29, 0.717) is 12.3 Å². The molecule has 31 heavy (non-hydrogen) atoms. The molecule has 3 aromatic rings. The average molecular weight is 442 g/mol. The highest BCUT2D eigenvalue weighted by Crippen LogP contribution is 2.33. The maximum Gasteiger partial charge on any atom is 0.227 e. The van der Waals surface area contributed by atoms with Gasteiger partial charge in [0, 0.05) is 35.8 Å². The van der Waals surface area contributed by atoms with E-state index < -0.39 is 0 Å². The number of hydrogen-bond donors (Lipinski definition) is 1. The zero-order valence-electron chi connectivity index (χ0n) is 17.6. The van der Waals surface area contributed by atoms with Crippen LogP contribution in [0.1, 0.15) is 42.7 Å². The van der Waals surface area contributed by atoms with Crippen molar-refractivity contribution in [1.29, 1.82) is 0 Å². The van der Waals surface area contributed by atoms with Crippen LogP contribution in [0.2, 0.25) is 0 Å². The van der Waals surface area contributed by atoms with Crippen molar-refractivity contribution in [3.05, 3.63) is 65.6 Å². The molecule has 2 aliphatic heterocycles. The molecule has 6 heteroatoms. The summed E-state index contributed by atoms with van der Waals surface area (Å²) in [6, 6.07) is 13.3. The Labute approximate surface area is 188 Å². The molecule has 2 aliphatic rings. The molecule has 4 nitrogen and oxygen atoms in total. The van der Waals surface area contributed by atoms with E-state index in [-0.39, 0.29) is 24.1 Å². The SMILES string of the molecule is Cl.O=C1CCc2ccccc2N1CCCN1CCC(c2c[nH]c3ccc(F)cc23)CC1. The molecule has 0 atom stereocenters. The smallest absolute Gasteiger partial charge is 0.227 e. The number of fused-ring (bicyclic) bond motifs is 2. The number of aromatic nitrogens is 1. The molecule has 3 heterocycles. The predicted octanol–water partition coefficient (Wildman–Crippen LogP) is 5.28. The molecule has 0 spiro atoms. The first-order chi connectivity index (χ1) is 14.7. The van der Waals surface area contributed by atoms with Gasteiger partial charge in [0.15, 0.2) is 0 Å². The molecule has 0 radical (unpaired) electrons. The molecule has 2 aromatic carbocycles. The monoisotopic (exact) mass is 441 g/mol. The van der Waals surface area contributed by atoms with Crippen LogP contribution in [0.3, 0.4) is 0 Å². The third-order valence-electron chi connectivity index (χ3n) is 6.75. The highest BCUT2D eigenvalue weighted by Gasteiger charge is 2.25. The van der Waals surface area contributed by atoms with Gasteiger partial charge in [-0.3, -0.25) is 4.79 Å². The second-order valence-electron chi connectivity index (χ2n) is 8.58. The van der Waals surface area contributed by atoms with Gasteiger partial charge in [-0.2, -0.15) is 0 Å². The number of likely N-dealkylation sites (tertiary alicyclic amines) is 1. The number of nitrogens with zero attached hydrogens (tertiary/aromatic N) is 2. The van der Waals surface area contributed by atoms with Crippen molar-refractivity contribution in [1.82, 2.24) is 9.88 Å². The number of aryl methyl sites for hydroxylation is 1. The molecule has 0 bridgehead atoms. The molecule has 1 N–H and O–H groups in total. The highest BCUT2D eigenvalue weighted by atomic mass is 35.5. The summed E-state index contributed by atoms with van der Waals surface area (Å²) in [7, 11) is 0. The van der Waals surface area contributed by atoms with E-state index in [2.05, 4.69) is 34.3 Å². The van der Waals surface area contributed by atoms with Crippen LogP contribution in [0, 0.1) is 5.82 Å². The number of hydrogen-bond acceptors (Lipinski definition) is 2. The van der Waals surface area contributed by atoms with Gasteiger partial charge in [0.1, 0.15) is 5.82 Å². The van der Waals surface area contributed by atoms with Crippen molar-refractivity contribution >= 4 is 34.9 Å². The molecule has 0 unspecified atom stereocenters. The van der Waals surface area contributed by atoms with Gasteiger partial charge in [-0.1, -0.05) is 18.2 Å². The number of amides is 1. The number of carbonyl (C=O) groups is 1. The Bertz CT molecular complexity index is 1060. The topological polar surface area (TPSA) is 39.3 Å². The van der Waals surface area contributed by atoms with Crippen molar-refractivity contribution in [2.24, 2.45) is 0 Å². The van der Waals surface area contributed by atoms with Crippen LogP contribution in [0.4, 0.5) is 10.1 Å². The van der Waals surface area contributed by atoms with Crippen LogP contribution in [0.15, 0.2) is 48.7 Å². The van der Waals surface area contributed by atoms with E-state index >= 15 is 0 Å². The van der Waals surface area contributed by atoms with E-state index in [1.54, 1.807) is 6.07 Å². The van der Waals surface area contributed by atoms with Gasteiger partial charge in [0.05, 0.1) is 0 Å². The number of para-hydroxylation sites is 1. The van der Waals surface area contributed by atoms with E-state index in [1.165, 1.54) is 17.2 Å². The number of benzene rings is 2. The van der Waals surface area contributed by atoms with Crippen molar-refractivity contribution in [3.8, 4) is 0 Å². The Balaban J connectivity index is 0.00000231. The Hall–Kier alpha value is -2.37. The van der Waals surface area contributed by atoms with Gasteiger partial charge >= 0.3 is 0 Å². The number of H-pyrrole nitrogens is 1. The lowest BCUT2D eigenvalue weighted by Crippen LogP contribution is -2.39. The summed E-state index contributed by atoms with van der Waals surface area (Å²) in [6.45, 7) is 3.91. The fourth-order valence-electron chi connectivity index (χ4n) is 5.11. The number of halogens is 2. The van der Waals surface area contributed by atoms with Gasteiger partial charge in [0.25, 0.3) is 0 Å². The second-order valence-corrected chi connectivity index (χ2v) is 8.58. The molecule has 1 saturated heterocycles. The maximum absolute atomic E-state index is 13.7. The Morgan fingerprint density at radius 2 is 1.84 bits per heavy atom. The van der Waals surface area contributed by atoms with Crippen LogP contribution >= 0.6 is 12.4 Å². The van der Waals surface area contributed by atoms with E-state index in [0.717, 1.165) is 68.5 Å². The zero-order valence-corrected chi connectivity index (χ0v) is 18.5. The first-order valence-corrected chi connectivity index (χ1v) is 11.1. The number of anilines is 1. The molecule has 1 fully saturated rings. The lowest BCUT2D eigenvalue weighted by atomic mass is 9.89. The van der Waals surface area contributed by atoms with Crippen LogP contribution in [-0.2, 0) is 11.2 Å². The van der Waals surface area contributed by atoms with Crippen molar-refractivity contribution < 1.29 is 9.18 Å². The van der Waals surface area contributed by atoms with Crippen molar-refractivity contribution in [2.45, 2.75) is 38.0 Å². The summed E-state index contributed by atoms with van der Waals surface area (Å²) in [5.74, 6) is 0.556. The number of aromatic amines is 1. The number of carbonyl (C=O) groups excluding carboxylic acids is 1. The number of nitrogens with one attached hydrogen (secondary N) is 1. The Kier molecular flexibility index (Phi) is 6.63. The third-order valence-corrected chi connectivity index (χ3v) is 6.75. The molecule has 1 aromatic heterocycles. The Morgan fingerprint density at radius 1 is 1.03 bits per heavy atom. The second kappa shape index (κ2) is 9.41. The van der Waals surface area contributed by atoms with E-state index in [4.69, 9.17) is 0 Å². The van der Waals surface area contributed by atoms with Gasteiger partial charge in [-0.15, -0.1) is 12.4 Å². The van der Waals surface area contributed by atoms with Gasteiger partial charge in [-0.25, -0.2) is 4.39 Å². The lowest BCUT2D eigenvalue weighted by molar-refractivity contribution is -0.118. The van der Waals surface area contributed by atoms with Gasteiger partial charge in [-0.05, 0) is 86.6 Å². The summed E-state index contributed by atoms with van der Waals surface area (Å²) in [5.41, 5.74) is 4.65. The van der Waals surface area contributed by atoms with Crippen LogP contribution in [0.5, 0.6) is 0 Å². The third kappa shape index (κ3) is 4.48. The number of piperidine rings is 1. The summed E-state index contributed by atoms with van der Waals surface area (Å²) >= 11 is 0. The van der Waals surface area contributed by atoms with Crippen LogP contribution in [0.25, 0.3) is 10.9 Å². The molecular weight excluding hydrogens is 413 g/mol. The standard InChI is InChI=1S/C25H28FN3O.ClH/c26-20-7-8-23-21(16-20)22(17-27-23)18-10-14-28(15-11-18)12-3-13-29-24-5-2-1-4-19(24)6-9-25(29)30;/h1-2,4-5,7-8,16-18,27H,3,6,9-15H2;1H. The summed E-state index contributed by atoms with van der Waals surface area (Å²) < 4.78 is 13.7. The molecule has 5 rings (SSSR count). The van der Waals surface area contributed by atoms with E-state index in [9.17, 15) is 9.18 Å². The zero-order chi connectivity index (χ0) is 20.5. The predicted molar refractivity (Wildman–Crippen MR) is 126 cm³/mol. The molecule has 0 aliphatic carbocycles. The van der Waals surface area contributed by atoms with Crippen LogP contribution < -0.4 is 4.90 Å². The van der Waals surface area contributed by atoms with E-state index in [1.807, 2.05) is 17.0 Å². The largest absolute Gasteiger partial charge is 0.361 e. The fraction of sp³-hybridized carbons (Fsp3) is 0.400. The molecular formula is C25H29ClFN3O. The van der Waals surface area contributed by atoms with Gasteiger partial charge in [0.2, 0.25) is 5.91 Å². The first-order valence-electron chi connectivity index (χ1n) is 11.1. The number of rotatable bonds is 5. The van der Waals surface area contributed by atoms with Gasteiger partial charge < -0.3 is 14.8 Å². The lowest BCUT2D eigenvalue weighted by Gasteiger charge is -2.33. The summed E-state index contributed by atoms with van der Waals surface area (Å²) in [5, 5.41) is 1.02. The quantitative estimate of drug-likeness (QED) is 0.585. The normalized spacial score (nSPS) is 17.6. The minimum Gasteiger partial charge on any atom is -0.361 e. The summed E-state index contributed by atoms with van der Waals surface area (Å²) in [4.78, 5) is 20.2. The van der Waals surface area contributed by atoms with Crippen molar-refractivity contribution in [2.75, 3.05) is 31.1 Å². The Morgan fingerprint density at radius 3 is 2.68 bits per heavy atom. The highest BCUT2D eigenvalue weighted by molar-refractivity contribution is 5.96. The van der Waals surface area contributed by atoms with Crippen LogP contribution in [-0.4, -0.2) is 42.0 Å². The van der Waals surface area contributed by atoms with Crippen molar-refractivity contribution in [3.63, 3.8) is 0 Å². The molecule has 164 valence electrons. The first kappa shape index (κ1) is 21.8. The molecule has 0 saturated carbocycles.